The molecule has 0 N–H and O–H groups in total. The molecular formula is C21H24FNO5. The maximum atomic E-state index is 13.1. The van der Waals surface area contributed by atoms with Crippen LogP contribution in [0, 0.1) is 5.82 Å². The fourth-order valence-electron chi connectivity index (χ4n) is 2.49. The van der Waals surface area contributed by atoms with Gasteiger partial charge in [0.15, 0.2) is 6.61 Å². The topological polar surface area (TPSA) is 65.1 Å². The fraction of sp³-hybridized carbons (Fsp3) is 0.333. The standard InChI is InChI=1S/C21H24FNO5/c1-3-27-21(25)11-12-23(14-16-7-9-17(22)10-8-16)20(24)15-28-19-6-4-5-18(13-19)26-2/h4-10,13H,3,11-12,14-15H2,1-2H3. The number of rotatable bonds is 10. The van der Waals surface area contributed by atoms with Gasteiger partial charge in [-0.25, -0.2) is 4.39 Å². The summed E-state index contributed by atoms with van der Waals surface area (Å²) in [5.74, 6) is 0.0920. The highest BCUT2D eigenvalue weighted by atomic mass is 19.1. The molecule has 2 aromatic carbocycles. The van der Waals surface area contributed by atoms with E-state index in [1.807, 2.05) is 0 Å². The molecule has 0 radical (unpaired) electrons. The van der Waals surface area contributed by atoms with E-state index in [9.17, 15) is 14.0 Å². The number of carbonyl (C=O) groups excluding carboxylic acids is 2. The molecule has 0 saturated heterocycles. The van der Waals surface area contributed by atoms with Crippen LogP contribution < -0.4 is 9.47 Å². The van der Waals surface area contributed by atoms with Crippen LogP contribution in [-0.2, 0) is 20.9 Å². The first-order chi connectivity index (χ1) is 13.5. The second-order valence-corrected chi connectivity index (χ2v) is 5.96. The maximum absolute atomic E-state index is 13.1. The number of ether oxygens (including phenoxy) is 3. The minimum absolute atomic E-state index is 0.0694. The molecular weight excluding hydrogens is 365 g/mol. The SMILES string of the molecule is CCOC(=O)CCN(Cc1ccc(F)cc1)C(=O)COc1cccc(OC)c1. The van der Waals surface area contributed by atoms with E-state index in [4.69, 9.17) is 14.2 Å². The molecule has 0 spiro atoms. The molecule has 0 aliphatic rings. The van der Waals surface area contributed by atoms with E-state index in [0.717, 1.165) is 5.56 Å². The zero-order valence-corrected chi connectivity index (χ0v) is 16.0. The van der Waals surface area contributed by atoms with E-state index < -0.39 is 0 Å². The second-order valence-electron chi connectivity index (χ2n) is 5.96. The monoisotopic (exact) mass is 389 g/mol. The first-order valence-electron chi connectivity index (χ1n) is 8.96. The van der Waals surface area contributed by atoms with Gasteiger partial charge in [-0.1, -0.05) is 18.2 Å². The average Bonchev–Trinajstić information content (AvgIpc) is 2.71. The van der Waals surface area contributed by atoms with E-state index in [-0.39, 0.29) is 50.4 Å². The summed E-state index contributed by atoms with van der Waals surface area (Å²) >= 11 is 0. The third-order valence-corrected chi connectivity index (χ3v) is 3.93. The third kappa shape index (κ3) is 6.90. The number of esters is 1. The van der Waals surface area contributed by atoms with Crippen molar-refractivity contribution in [1.82, 2.24) is 4.90 Å². The molecule has 0 aliphatic carbocycles. The van der Waals surface area contributed by atoms with Crippen LogP contribution in [-0.4, -0.2) is 43.6 Å². The van der Waals surface area contributed by atoms with Gasteiger partial charge in [-0.2, -0.15) is 0 Å². The summed E-state index contributed by atoms with van der Waals surface area (Å²) in [5, 5.41) is 0. The molecule has 150 valence electrons. The van der Waals surface area contributed by atoms with Crippen molar-refractivity contribution in [2.75, 3.05) is 26.9 Å². The highest BCUT2D eigenvalue weighted by Gasteiger charge is 2.17. The van der Waals surface area contributed by atoms with Crippen LogP contribution in [0.2, 0.25) is 0 Å². The van der Waals surface area contributed by atoms with E-state index >= 15 is 0 Å². The summed E-state index contributed by atoms with van der Waals surface area (Å²) in [7, 11) is 1.55. The molecule has 0 saturated carbocycles. The van der Waals surface area contributed by atoms with Gasteiger partial charge in [0.05, 0.1) is 20.1 Å². The molecule has 2 rings (SSSR count). The maximum Gasteiger partial charge on any atom is 0.307 e. The van der Waals surface area contributed by atoms with Crippen LogP contribution in [0.25, 0.3) is 0 Å². The molecule has 6 nitrogen and oxygen atoms in total. The Balaban J connectivity index is 2.01. The number of hydrogen-bond acceptors (Lipinski definition) is 5. The van der Waals surface area contributed by atoms with E-state index in [1.54, 1.807) is 50.4 Å². The van der Waals surface area contributed by atoms with Gasteiger partial charge < -0.3 is 19.1 Å². The van der Waals surface area contributed by atoms with Crippen molar-refractivity contribution in [1.29, 1.82) is 0 Å². The molecule has 0 unspecified atom stereocenters. The molecule has 0 heterocycles. The summed E-state index contributed by atoms with van der Waals surface area (Å²) in [6, 6.07) is 12.8. The van der Waals surface area contributed by atoms with Crippen LogP contribution in [0.4, 0.5) is 4.39 Å². The van der Waals surface area contributed by atoms with Crippen LogP contribution in [0.5, 0.6) is 11.5 Å². The van der Waals surface area contributed by atoms with E-state index in [2.05, 4.69) is 0 Å². The van der Waals surface area contributed by atoms with Crippen LogP contribution in [0.15, 0.2) is 48.5 Å². The van der Waals surface area contributed by atoms with Gasteiger partial charge in [0.1, 0.15) is 17.3 Å². The Morgan fingerprint density at radius 1 is 1.07 bits per heavy atom. The molecule has 1 amide bonds. The van der Waals surface area contributed by atoms with Gasteiger partial charge in [-0.3, -0.25) is 9.59 Å². The van der Waals surface area contributed by atoms with Crippen molar-refractivity contribution in [2.24, 2.45) is 0 Å². The summed E-state index contributed by atoms with van der Waals surface area (Å²) in [5.41, 5.74) is 0.750. The summed E-state index contributed by atoms with van der Waals surface area (Å²) < 4.78 is 28.7. The Morgan fingerprint density at radius 3 is 2.46 bits per heavy atom. The van der Waals surface area contributed by atoms with Gasteiger partial charge in [-0.15, -0.1) is 0 Å². The summed E-state index contributed by atoms with van der Waals surface area (Å²) in [4.78, 5) is 25.8. The molecule has 0 aromatic heterocycles. The van der Waals surface area contributed by atoms with Gasteiger partial charge in [-0.05, 0) is 36.8 Å². The van der Waals surface area contributed by atoms with Crippen molar-refractivity contribution < 1.29 is 28.2 Å². The summed E-state index contributed by atoms with van der Waals surface area (Å²) in [6.45, 7) is 2.22. The van der Waals surface area contributed by atoms with Crippen molar-refractivity contribution in [2.45, 2.75) is 19.9 Å². The quantitative estimate of drug-likeness (QED) is 0.584. The zero-order chi connectivity index (χ0) is 20.4. The highest BCUT2D eigenvalue weighted by molar-refractivity contribution is 5.78. The number of halogens is 1. The van der Waals surface area contributed by atoms with Crippen LogP contribution >= 0.6 is 0 Å². The Morgan fingerprint density at radius 2 is 1.79 bits per heavy atom. The Bertz CT molecular complexity index is 779. The first kappa shape index (κ1) is 21.2. The molecule has 0 aliphatic heterocycles. The van der Waals surface area contributed by atoms with Gasteiger partial charge in [0, 0.05) is 19.2 Å². The minimum atomic E-state index is -0.381. The predicted octanol–water partition coefficient (Wildman–Crippen LogP) is 3.20. The van der Waals surface area contributed by atoms with Gasteiger partial charge >= 0.3 is 5.97 Å². The van der Waals surface area contributed by atoms with E-state index in [0.29, 0.717) is 11.5 Å². The zero-order valence-electron chi connectivity index (χ0n) is 16.0. The smallest absolute Gasteiger partial charge is 0.307 e. The average molecular weight is 389 g/mol. The number of benzene rings is 2. The fourth-order valence-corrected chi connectivity index (χ4v) is 2.49. The van der Waals surface area contributed by atoms with Gasteiger partial charge in [0.2, 0.25) is 0 Å². The number of hydrogen-bond donors (Lipinski definition) is 0. The lowest BCUT2D eigenvalue weighted by Gasteiger charge is -2.22. The lowest BCUT2D eigenvalue weighted by atomic mass is 10.2. The number of nitrogens with zero attached hydrogens (tertiary/aromatic N) is 1. The minimum Gasteiger partial charge on any atom is -0.497 e. The third-order valence-electron chi connectivity index (χ3n) is 3.93. The Hall–Kier alpha value is -3.09. The lowest BCUT2D eigenvalue weighted by Crippen LogP contribution is -2.36. The first-order valence-corrected chi connectivity index (χ1v) is 8.96. The Labute approximate surface area is 163 Å². The van der Waals surface area contributed by atoms with E-state index in [1.165, 1.54) is 17.0 Å². The summed E-state index contributed by atoms with van der Waals surface area (Å²) in [6.07, 6.45) is 0.0694. The Kier molecular flexibility index (Phi) is 8.27. The number of carbonyl (C=O) groups is 2. The van der Waals surface area contributed by atoms with Crippen molar-refractivity contribution in [3.63, 3.8) is 0 Å². The normalized spacial score (nSPS) is 10.2. The van der Waals surface area contributed by atoms with Crippen molar-refractivity contribution in [3.05, 3.63) is 59.9 Å². The predicted molar refractivity (Wildman–Crippen MR) is 102 cm³/mol. The van der Waals surface area contributed by atoms with Crippen molar-refractivity contribution in [3.8, 4) is 11.5 Å². The number of methoxy groups -OCH3 is 1. The van der Waals surface area contributed by atoms with Crippen molar-refractivity contribution >= 4 is 11.9 Å². The molecule has 0 atom stereocenters. The highest BCUT2D eigenvalue weighted by Crippen LogP contribution is 2.19. The number of amides is 1. The molecule has 0 bridgehead atoms. The van der Waals surface area contributed by atoms with Crippen LogP contribution in [0.3, 0.4) is 0 Å². The molecule has 2 aromatic rings. The lowest BCUT2D eigenvalue weighted by molar-refractivity contribution is -0.144. The van der Waals surface area contributed by atoms with Crippen LogP contribution in [0.1, 0.15) is 18.9 Å². The second kappa shape index (κ2) is 10.9. The molecule has 7 heteroatoms. The van der Waals surface area contributed by atoms with Gasteiger partial charge in [0.25, 0.3) is 5.91 Å². The molecule has 28 heavy (non-hydrogen) atoms. The largest absolute Gasteiger partial charge is 0.497 e. The molecule has 0 fully saturated rings.